The summed E-state index contributed by atoms with van der Waals surface area (Å²) in [6, 6.07) is 16.0. The second-order valence-corrected chi connectivity index (χ2v) is 9.14. The molecule has 32 heavy (non-hydrogen) atoms. The van der Waals surface area contributed by atoms with Gasteiger partial charge in [0.25, 0.3) is 5.56 Å². The molecule has 5 rings (SSSR count). The van der Waals surface area contributed by atoms with Crippen molar-refractivity contribution in [2.75, 3.05) is 11.1 Å². The number of nitrogens with one attached hydrogen (secondary N) is 2. The van der Waals surface area contributed by atoms with Gasteiger partial charge < -0.3 is 10.3 Å². The lowest BCUT2D eigenvalue weighted by Crippen LogP contribution is -2.23. The number of carbonyl (C=O) groups excluding carboxylic acids is 1. The van der Waals surface area contributed by atoms with Crippen LogP contribution < -0.4 is 10.9 Å². The van der Waals surface area contributed by atoms with Gasteiger partial charge >= 0.3 is 0 Å². The van der Waals surface area contributed by atoms with Crippen LogP contribution in [0.2, 0.25) is 0 Å². The maximum Gasteiger partial charge on any atom is 0.278 e. The fourth-order valence-corrected chi connectivity index (χ4v) is 4.82. The lowest BCUT2D eigenvalue weighted by molar-refractivity contribution is -0.113. The van der Waals surface area contributed by atoms with Crippen LogP contribution >= 0.6 is 11.8 Å². The van der Waals surface area contributed by atoms with Crippen molar-refractivity contribution < 1.29 is 4.79 Å². The molecule has 0 bridgehead atoms. The number of para-hydroxylation sites is 1. The molecule has 0 aliphatic heterocycles. The highest BCUT2D eigenvalue weighted by Gasteiger charge is 2.29. The van der Waals surface area contributed by atoms with Crippen LogP contribution in [0.4, 0.5) is 5.69 Å². The Balaban J connectivity index is 1.47. The average molecular weight is 445 g/mol. The molecule has 2 heterocycles. The van der Waals surface area contributed by atoms with Gasteiger partial charge in [0.15, 0.2) is 5.16 Å². The van der Waals surface area contributed by atoms with E-state index in [0.29, 0.717) is 16.2 Å². The van der Waals surface area contributed by atoms with Crippen molar-refractivity contribution >= 4 is 34.4 Å². The molecule has 4 aromatic rings. The van der Waals surface area contributed by atoms with E-state index in [9.17, 15) is 9.59 Å². The van der Waals surface area contributed by atoms with Crippen molar-refractivity contribution in [3.8, 4) is 11.1 Å². The first-order valence-electron chi connectivity index (χ1n) is 10.7. The van der Waals surface area contributed by atoms with Crippen molar-refractivity contribution in [2.45, 2.75) is 37.9 Å². The topological polar surface area (TPSA) is 79.8 Å². The van der Waals surface area contributed by atoms with Crippen LogP contribution in [0, 0.1) is 13.8 Å². The predicted octanol–water partition coefficient (Wildman–Crippen LogP) is 5.07. The first kappa shape index (κ1) is 20.6. The Hall–Kier alpha value is -3.32. The number of fused-ring (bicyclic) bond motifs is 1. The summed E-state index contributed by atoms with van der Waals surface area (Å²) in [5, 5.41) is 3.61. The molecule has 2 N–H and O–H groups in total. The molecule has 1 amide bonds. The third kappa shape index (κ3) is 3.84. The van der Waals surface area contributed by atoms with Gasteiger partial charge in [0, 0.05) is 23.5 Å². The summed E-state index contributed by atoms with van der Waals surface area (Å²) in [4.78, 5) is 34.0. The van der Waals surface area contributed by atoms with Gasteiger partial charge in [-0.3, -0.25) is 14.2 Å². The van der Waals surface area contributed by atoms with E-state index in [2.05, 4.69) is 10.3 Å². The van der Waals surface area contributed by atoms with E-state index in [0.717, 1.165) is 40.8 Å². The number of H-pyrrole nitrogens is 1. The molecule has 6 nitrogen and oxygen atoms in total. The molecular weight excluding hydrogens is 420 g/mol. The number of aryl methyl sites for hydroxylation is 2. The molecule has 0 radical (unpaired) electrons. The number of rotatable bonds is 6. The van der Waals surface area contributed by atoms with Crippen LogP contribution in [-0.2, 0) is 4.79 Å². The van der Waals surface area contributed by atoms with Gasteiger partial charge in [-0.15, -0.1) is 0 Å². The van der Waals surface area contributed by atoms with Gasteiger partial charge in [-0.1, -0.05) is 60.3 Å². The van der Waals surface area contributed by atoms with E-state index in [1.807, 2.05) is 68.6 Å². The van der Waals surface area contributed by atoms with Crippen LogP contribution in [-0.4, -0.2) is 26.2 Å². The van der Waals surface area contributed by atoms with Gasteiger partial charge in [0.1, 0.15) is 11.0 Å². The molecular formula is C25H24N4O2S. The summed E-state index contributed by atoms with van der Waals surface area (Å²) >= 11 is 1.32. The van der Waals surface area contributed by atoms with E-state index >= 15 is 0 Å². The first-order chi connectivity index (χ1) is 15.5. The summed E-state index contributed by atoms with van der Waals surface area (Å²) in [5.41, 5.74) is 5.88. The number of nitrogens with zero attached hydrogens (tertiary/aromatic N) is 2. The number of aromatic amines is 1. The van der Waals surface area contributed by atoms with Gasteiger partial charge in [-0.05, 0) is 43.4 Å². The summed E-state index contributed by atoms with van der Waals surface area (Å²) in [6.45, 7) is 3.96. The zero-order chi connectivity index (χ0) is 22.2. The van der Waals surface area contributed by atoms with Crippen molar-refractivity contribution in [3.63, 3.8) is 0 Å². The number of anilines is 1. The van der Waals surface area contributed by atoms with E-state index in [1.54, 1.807) is 4.57 Å². The quantitative estimate of drug-likeness (QED) is 0.321. The molecule has 2 aromatic heterocycles. The van der Waals surface area contributed by atoms with Crippen molar-refractivity contribution in [1.29, 1.82) is 0 Å². The van der Waals surface area contributed by atoms with Gasteiger partial charge in [0.05, 0.1) is 5.75 Å². The Labute approximate surface area is 190 Å². The second kappa shape index (κ2) is 8.31. The molecule has 2 aromatic carbocycles. The Morgan fingerprint density at radius 2 is 1.84 bits per heavy atom. The molecule has 1 aliphatic rings. The molecule has 0 unspecified atom stereocenters. The Bertz CT molecular complexity index is 1350. The summed E-state index contributed by atoms with van der Waals surface area (Å²) in [5.74, 6) is 0.0743. The van der Waals surface area contributed by atoms with Crippen LogP contribution in [0.15, 0.2) is 64.7 Å². The minimum Gasteiger partial charge on any atom is -0.355 e. The smallest absolute Gasteiger partial charge is 0.278 e. The summed E-state index contributed by atoms with van der Waals surface area (Å²) < 4.78 is 1.75. The normalized spacial score (nSPS) is 13.4. The molecule has 1 saturated carbocycles. The number of benzene rings is 2. The molecule has 0 spiro atoms. The van der Waals surface area contributed by atoms with E-state index in [-0.39, 0.29) is 23.3 Å². The summed E-state index contributed by atoms with van der Waals surface area (Å²) in [6.07, 6.45) is 3.76. The third-order valence-corrected chi connectivity index (χ3v) is 6.73. The predicted molar refractivity (Wildman–Crippen MR) is 129 cm³/mol. The fraction of sp³-hybridized carbons (Fsp3) is 0.240. The minimum atomic E-state index is -0.110. The zero-order valence-corrected chi connectivity index (χ0v) is 18.8. The highest BCUT2D eigenvalue weighted by molar-refractivity contribution is 7.99. The van der Waals surface area contributed by atoms with Gasteiger partial charge in [0.2, 0.25) is 5.91 Å². The van der Waals surface area contributed by atoms with Crippen LogP contribution in [0.25, 0.3) is 22.2 Å². The van der Waals surface area contributed by atoms with Crippen molar-refractivity contribution in [3.05, 3.63) is 76.2 Å². The van der Waals surface area contributed by atoms with Gasteiger partial charge in [-0.25, -0.2) is 4.98 Å². The van der Waals surface area contributed by atoms with Crippen LogP contribution in [0.5, 0.6) is 0 Å². The standard InChI is InChI=1S/C25H24N4O2S/c1-15-7-6-8-16(2)21(15)27-20(30)14-32-25-28-22-19(17-9-4-3-5-10-17)13-26-23(22)24(31)29(25)18-11-12-18/h3-10,13,18,26H,11-12,14H2,1-2H3,(H,27,30). The number of hydrogen-bond acceptors (Lipinski definition) is 4. The van der Waals surface area contributed by atoms with Crippen molar-refractivity contribution in [1.82, 2.24) is 14.5 Å². The lowest BCUT2D eigenvalue weighted by Gasteiger charge is -2.13. The number of carbonyl (C=O) groups is 1. The molecule has 1 fully saturated rings. The fourth-order valence-electron chi connectivity index (χ4n) is 3.96. The second-order valence-electron chi connectivity index (χ2n) is 8.20. The SMILES string of the molecule is Cc1cccc(C)c1NC(=O)CSc1nc2c(-c3ccccc3)c[nH]c2c(=O)n1C1CC1. The van der Waals surface area contributed by atoms with Crippen molar-refractivity contribution in [2.24, 2.45) is 0 Å². The summed E-state index contributed by atoms with van der Waals surface area (Å²) in [7, 11) is 0. The number of amides is 1. The van der Waals surface area contributed by atoms with Gasteiger partial charge in [-0.2, -0.15) is 0 Å². The van der Waals surface area contributed by atoms with E-state index < -0.39 is 0 Å². The molecule has 0 atom stereocenters. The molecule has 7 heteroatoms. The monoisotopic (exact) mass is 444 g/mol. The Kier molecular flexibility index (Phi) is 5.35. The third-order valence-electron chi connectivity index (χ3n) is 5.77. The molecule has 0 saturated heterocycles. The Morgan fingerprint density at radius 3 is 2.53 bits per heavy atom. The van der Waals surface area contributed by atoms with Crippen LogP contribution in [0.3, 0.4) is 0 Å². The maximum absolute atomic E-state index is 13.3. The number of thioether (sulfide) groups is 1. The average Bonchev–Trinajstić information content (AvgIpc) is 3.53. The highest BCUT2D eigenvalue weighted by atomic mass is 32.2. The largest absolute Gasteiger partial charge is 0.355 e. The minimum absolute atomic E-state index is 0.0719. The maximum atomic E-state index is 13.3. The number of hydrogen-bond donors (Lipinski definition) is 2. The number of aromatic nitrogens is 3. The lowest BCUT2D eigenvalue weighted by atomic mass is 10.1. The molecule has 1 aliphatic carbocycles. The van der Waals surface area contributed by atoms with Crippen LogP contribution in [0.1, 0.15) is 30.0 Å². The van der Waals surface area contributed by atoms with E-state index in [1.165, 1.54) is 11.8 Å². The zero-order valence-electron chi connectivity index (χ0n) is 18.0. The first-order valence-corrected chi connectivity index (χ1v) is 11.7. The highest BCUT2D eigenvalue weighted by Crippen LogP contribution is 2.37. The Morgan fingerprint density at radius 1 is 1.12 bits per heavy atom. The molecule has 162 valence electrons. The van der Waals surface area contributed by atoms with E-state index in [4.69, 9.17) is 4.98 Å².